The number of sulfonamides is 1. The fourth-order valence-corrected chi connectivity index (χ4v) is 6.08. The third-order valence-electron chi connectivity index (χ3n) is 6.60. The van der Waals surface area contributed by atoms with Crippen LogP contribution in [0.15, 0.2) is 24.3 Å². The highest BCUT2D eigenvalue weighted by Crippen LogP contribution is 2.39. The predicted molar refractivity (Wildman–Crippen MR) is 114 cm³/mol. The maximum Gasteiger partial charge on any atom is 0.258 e. The number of hydrogen-bond donors (Lipinski definition) is 0. The molecule has 1 amide bonds. The van der Waals surface area contributed by atoms with Crippen molar-refractivity contribution in [2.75, 3.05) is 26.0 Å². The SMILES string of the molecule is CCOc1ccccc1C(=O)N1C2CCC1CC(OC1CCN(S(C)(=O)=O)CC1)C2. The summed E-state index contributed by atoms with van der Waals surface area (Å²) >= 11 is 0. The maximum absolute atomic E-state index is 13.3. The number of carbonyl (C=O) groups excluding carboxylic acids is 1. The first-order valence-electron chi connectivity index (χ1n) is 11.0. The van der Waals surface area contributed by atoms with Crippen molar-refractivity contribution in [2.45, 2.75) is 69.7 Å². The number of carbonyl (C=O) groups is 1. The van der Waals surface area contributed by atoms with Crippen LogP contribution in [0.3, 0.4) is 0 Å². The molecule has 0 saturated carbocycles. The molecule has 3 saturated heterocycles. The van der Waals surface area contributed by atoms with Gasteiger partial charge in [0.1, 0.15) is 5.75 Å². The van der Waals surface area contributed by atoms with Crippen molar-refractivity contribution in [3.05, 3.63) is 29.8 Å². The fraction of sp³-hybridized carbons (Fsp3) is 0.682. The van der Waals surface area contributed by atoms with Crippen LogP contribution < -0.4 is 4.74 Å². The Bertz CT molecular complexity index is 852. The molecule has 3 fully saturated rings. The second-order valence-electron chi connectivity index (χ2n) is 8.62. The van der Waals surface area contributed by atoms with Crippen LogP contribution in [-0.4, -0.2) is 73.8 Å². The molecule has 3 aliphatic rings. The summed E-state index contributed by atoms with van der Waals surface area (Å²) < 4.78 is 37.0. The Labute approximate surface area is 179 Å². The molecule has 1 aromatic carbocycles. The summed E-state index contributed by atoms with van der Waals surface area (Å²) in [6.07, 6.45) is 6.72. The van der Waals surface area contributed by atoms with Gasteiger partial charge in [-0.2, -0.15) is 0 Å². The van der Waals surface area contributed by atoms with Crippen LogP contribution in [0.2, 0.25) is 0 Å². The van der Waals surface area contributed by atoms with Gasteiger partial charge in [-0.3, -0.25) is 4.79 Å². The standard InChI is InChI=1S/C22H32N2O5S/c1-3-28-21-7-5-4-6-20(21)22(25)24-16-8-9-17(24)15-19(14-16)29-18-10-12-23(13-11-18)30(2,26)27/h4-7,16-19H,3,8-15H2,1-2H3. The Balaban J connectivity index is 1.37. The van der Waals surface area contributed by atoms with Gasteiger partial charge in [-0.1, -0.05) is 12.1 Å². The lowest BCUT2D eigenvalue weighted by atomic mass is 9.97. The number of benzene rings is 1. The van der Waals surface area contributed by atoms with E-state index in [0.717, 1.165) is 38.5 Å². The smallest absolute Gasteiger partial charge is 0.258 e. The number of fused-ring (bicyclic) bond motifs is 2. The van der Waals surface area contributed by atoms with E-state index in [2.05, 4.69) is 4.90 Å². The number of ether oxygens (including phenoxy) is 2. The first-order valence-corrected chi connectivity index (χ1v) is 12.9. The Hall–Kier alpha value is -1.64. The molecule has 0 radical (unpaired) electrons. The molecular weight excluding hydrogens is 404 g/mol. The number of rotatable bonds is 6. The number of nitrogens with zero attached hydrogens (tertiary/aromatic N) is 2. The zero-order chi connectivity index (χ0) is 21.3. The van der Waals surface area contributed by atoms with Gasteiger partial charge >= 0.3 is 0 Å². The molecule has 3 aliphatic heterocycles. The van der Waals surface area contributed by atoms with Crippen molar-refractivity contribution in [1.82, 2.24) is 9.21 Å². The van der Waals surface area contributed by atoms with E-state index < -0.39 is 10.0 Å². The van der Waals surface area contributed by atoms with E-state index in [-0.39, 0.29) is 30.2 Å². The third-order valence-corrected chi connectivity index (χ3v) is 7.90. The van der Waals surface area contributed by atoms with Crippen LogP contribution in [0.1, 0.15) is 55.8 Å². The highest BCUT2D eigenvalue weighted by atomic mass is 32.2. The van der Waals surface area contributed by atoms with E-state index in [4.69, 9.17) is 9.47 Å². The zero-order valence-corrected chi connectivity index (χ0v) is 18.6. The average Bonchev–Trinajstić information content (AvgIpc) is 2.98. The van der Waals surface area contributed by atoms with E-state index >= 15 is 0 Å². The lowest BCUT2D eigenvalue weighted by Gasteiger charge is -2.41. The molecule has 0 N–H and O–H groups in total. The van der Waals surface area contributed by atoms with Crippen molar-refractivity contribution < 1.29 is 22.7 Å². The topological polar surface area (TPSA) is 76.2 Å². The Kier molecular flexibility index (Phi) is 6.36. The van der Waals surface area contributed by atoms with Gasteiger partial charge in [-0.05, 0) is 57.6 Å². The Morgan fingerprint density at radius 3 is 2.27 bits per heavy atom. The van der Waals surface area contributed by atoms with Crippen LogP contribution in [0, 0.1) is 0 Å². The minimum Gasteiger partial charge on any atom is -0.493 e. The molecule has 0 aliphatic carbocycles. The molecule has 166 valence electrons. The maximum atomic E-state index is 13.3. The summed E-state index contributed by atoms with van der Waals surface area (Å²) in [5.41, 5.74) is 0.642. The lowest BCUT2D eigenvalue weighted by molar-refractivity contribution is -0.0689. The molecular formula is C22H32N2O5S. The van der Waals surface area contributed by atoms with Gasteiger partial charge in [-0.15, -0.1) is 0 Å². The number of para-hydroxylation sites is 1. The van der Waals surface area contributed by atoms with Gasteiger partial charge < -0.3 is 14.4 Å². The molecule has 30 heavy (non-hydrogen) atoms. The van der Waals surface area contributed by atoms with Crippen LogP contribution in [-0.2, 0) is 14.8 Å². The molecule has 2 bridgehead atoms. The fourth-order valence-electron chi connectivity index (χ4n) is 5.21. The van der Waals surface area contributed by atoms with Crippen LogP contribution >= 0.6 is 0 Å². The van der Waals surface area contributed by atoms with E-state index in [1.54, 1.807) is 0 Å². The van der Waals surface area contributed by atoms with Gasteiger partial charge in [0.05, 0.1) is 30.6 Å². The summed E-state index contributed by atoms with van der Waals surface area (Å²) in [5.74, 6) is 0.715. The molecule has 0 spiro atoms. The monoisotopic (exact) mass is 436 g/mol. The van der Waals surface area contributed by atoms with Crippen molar-refractivity contribution in [2.24, 2.45) is 0 Å². The number of amides is 1. The summed E-state index contributed by atoms with van der Waals surface area (Å²) in [7, 11) is -3.12. The van der Waals surface area contributed by atoms with Crippen molar-refractivity contribution in [3.8, 4) is 5.75 Å². The van der Waals surface area contributed by atoms with E-state index in [1.807, 2.05) is 31.2 Å². The van der Waals surface area contributed by atoms with E-state index in [1.165, 1.54) is 10.6 Å². The zero-order valence-electron chi connectivity index (χ0n) is 17.8. The van der Waals surface area contributed by atoms with Crippen LogP contribution in [0.5, 0.6) is 5.75 Å². The minimum atomic E-state index is -3.12. The highest BCUT2D eigenvalue weighted by Gasteiger charge is 2.45. The first kappa shape index (κ1) is 21.6. The second-order valence-corrected chi connectivity index (χ2v) is 10.6. The highest BCUT2D eigenvalue weighted by molar-refractivity contribution is 7.88. The van der Waals surface area contributed by atoms with E-state index in [9.17, 15) is 13.2 Å². The predicted octanol–water partition coefficient (Wildman–Crippen LogP) is 2.66. The van der Waals surface area contributed by atoms with Gasteiger partial charge in [0.15, 0.2) is 0 Å². The van der Waals surface area contributed by atoms with Gasteiger partial charge in [0.2, 0.25) is 10.0 Å². The van der Waals surface area contributed by atoms with Crippen LogP contribution in [0.4, 0.5) is 0 Å². The summed E-state index contributed by atoms with van der Waals surface area (Å²) in [5, 5.41) is 0. The Morgan fingerprint density at radius 2 is 1.67 bits per heavy atom. The molecule has 3 heterocycles. The summed E-state index contributed by atoms with van der Waals surface area (Å²) in [6, 6.07) is 7.89. The molecule has 4 rings (SSSR count). The first-order chi connectivity index (χ1) is 14.4. The van der Waals surface area contributed by atoms with Gasteiger partial charge in [-0.25, -0.2) is 12.7 Å². The largest absolute Gasteiger partial charge is 0.493 e. The lowest BCUT2D eigenvalue weighted by Crippen LogP contribution is -2.50. The molecule has 2 unspecified atom stereocenters. The minimum absolute atomic E-state index is 0.0615. The van der Waals surface area contributed by atoms with Crippen molar-refractivity contribution in [3.63, 3.8) is 0 Å². The molecule has 7 nitrogen and oxygen atoms in total. The molecule has 0 aromatic heterocycles. The number of hydrogen-bond acceptors (Lipinski definition) is 5. The van der Waals surface area contributed by atoms with Gasteiger partial charge in [0.25, 0.3) is 5.91 Å². The summed E-state index contributed by atoms with van der Waals surface area (Å²) in [6.45, 7) is 3.52. The van der Waals surface area contributed by atoms with E-state index in [0.29, 0.717) is 31.0 Å². The van der Waals surface area contributed by atoms with Crippen LogP contribution in [0.25, 0.3) is 0 Å². The quantitative estimate of drug-likeness (QED) is 0.685. The van der Waals surface area contributed by atoms with Crippen molar-refractivity contribution in [1.29, 1.82) is 0 Å². The number of piperidine rings is 2. The normalized spacial score (nSPS) is 27.9. The van der Waals surface area contributed by atoms with Crippen molar-refractivity contribution >= 4 is 15.9 Å². The average molecular weight is 437 g/mol. The van der Waals surface area contributed by atoms with Gasteiger partial charge in [0, 0.05) is 25.2 Å². The molecule has 1 aromatic rings. The second kappa shape index (κ2) is 8.85. The summed E-state index contributed by atoms with van der Waals surface area (Å²) in [4.78, 5) is 15.4. The Morgan fingerprint density at radius 1 is 1.03 bits per heavy atom. The molecule has 8 heteroatoms. The molecule has 2 atom stereocenters. The third kappa shape index (κ3) is 4.50.